The van der Waals surface area contributed by atoms with E-state index in [9.17, 15) is 40.5 Å². The maximum Gasteiger partial charge on any atom is 0.305 e. The minimum atomic E-state index is -2.38. The number of esters is 1. The second-order valence-electron chi connectivity index (χ2n) is 6.84. The van der Waals surface area contributed by atoms with Crippen LogP contribution in [0.15, 0.2) is 0 Å². The van der Waals surface area contributed by atoms with Gasteiger partial charge in [-0.15, -0.1) is 0 Å². The Morgan fingerprint density at radius 3 is 2.25 bits per heavy atom. The van der Waals surface area contributed by atoms with Crippen LogP contribution in [0.1, 0.15) is 19.8 Å². The largest absolute Gasteiger partial charge is 0.460 e. The molecule has 0 aromatic heterocycles. The number of hydrogen-bond donors (Lipinski definition) is 7. The van der Waals surface area contributed by atoms with E-state index in [1.165, 1.54) is 0 Å². The summed E-state index contributed by atoms with van der Waals surface area (Å²) in [6, 6.07) is 0. The molecule has 28 heavy (non-hydrogen) atoms. The minimum absolute atomic E-state index is 0.0976. The average molecular weight is 412 g/mol. The average Bonchev–Trinajstić information content (AvgIpc) is 2.91. The molecule has 12 heteroatoms. The van der Waals surface area contributed by atoms with Crippen LogP contribution in [0.5, 0.6) is 0 Å². The van der Waals surface area contributed by atoms with E-state index in [4.69, 9.17) is 18.9 Å². The fourth-order valence-corrected chi connectivity index (χ4v) is 3.08. The normalized spacial score (nSPS) is 43.9. The summed E-state index contributed by atoms with van der Waals surface area (Å²) in [6.45, 7) is -0.360. The van der Waals surface area contributed by atoms with E-state index >= 15 is 0 Å². The summed E-state index contributed by atoms with van der Waals surface area (Å²) in [6.07, 6.45) is -11.8. The summed E-state index contributed by atoms with van der Waals surface area (Å²) in [5.74, 6) is -3.00. The third-order valence-corrected chi connectivity index (χ3v) is 4.71. The van der Waals surface area contributed by atoms with E-state index in [1.807, 2.05) is 0 Å². The van der Waals surface area contributed by atoms with Gasteiger partial charge in [0, 0.05) is 6.42 Å². The van der Waals surface area contributed by atoms with Crippen LogP contribution in [0.2, 0.25) is 0 Å². The maximum atomic E-state index is 11.5. The molecule has 7 N–H and O–H groups in total. The van der Waals surface area contributed by atoms with Gasteiger partial charge in [-0.2, -0.15) is 0 Å². The lowest BCUT2D eigenvalue weighted by molar-refractivity contribution is -0.318. The Hall–Kier alpha value is -0.930. The molecule has 164 valence electrons. The van der Waals surface area contributed by atoms with E-state index in [-0.39, 0.29) is 6.42 Å². The molecule has 2 rings (SSSR count). The lowest BCUT2D eigenvalue weighted by Gasteiger charge is -2.41. The van der Waals surface area contributed by atoms with Crippen LogP contribution in [0.3, 0.4) is 0 Å². The number of ether oxygens (including phenoxy) is 4. The lowest BCUT2D eigenvalue weighted by Crippen LogP contribution is -2.60. The number of aliphatic hydroxyl groups is 7. The Labute approximate surface area is 160 Å². The number of aliphatic hydroxyl groups excluding tert-OH is 6. The van der Waals surface area contributed by atoms with Gasteiger partial charge in [0.25, 0.3) is 0 Å². The molecule has 2 heterocycles. The minimum Gasteiger partial charge on any atom is -0.460 e. The first kappa shape index (κ1) is 23.3. The highest BCUT2D eigenvalue weighted by Gasteiger charge is 2.57. The zero-order valence-electron chi connectivity index (χ0n) is 15.3. The molecule has 2 aliphatic heterocycles. The maximum absolute atomic E-state index is 11.5. The molecule has 0 spiro atoms. The molecule has 1 unspecified atom stereocenters. The van der Waals surface area contributed by atoms with Crippen LogP contribution >= 0.6 is 0 Å². The molecule has 2 saturated heterocycles. The Balaban J connectivity index is 2.08. The number of rotatable bonds is 8. The van der Waals surface area contributed by atoms with Gasteiger partial charge in [-0.1, -0.05) is 6.92 Å². The molecule has 9 atom stereocenters. The van der Waals surface area contributed by atoms with E-state index in [0.29, 0.717) is 6.42 Å². The van der Waals surface area contributed by atoms with Gasteiger partial charge in [-0.3, -0.25) is 4.79 Å². The first-order valence-electron chi connectivity index (χ1n) is 8.99. The third-order valence-electron chi connectivity index (χ3n) is 4.71. The zero-order chi connectivity index (χ0) is 21.1. The highest BCUT2D eigenvalue weighted by atomic mass is 16.7. The van der Waals surface area contributed by atoms with Crippen LogP contribution in [0.25, 0.3) is 0 Å². The first-order chi connectivity index (χ1) is 13.2. The van der Waals surface area contributed by atoms with Crippen LogP contribution in [0, 0.1) is 0 Å². The van der Waals surface area contributed by atoms with Crippen molar-refractivity contribution in [1.82, 2.24) is 0 Å². The van der Waals surface area contributed by atoms with Crippen molar-refractivity contribution in [3.63, 3.8) is 0 Å². The highest BCUT2D eigenvalue weighted by molar-refractivity contribution is 5.69. The predicted octanol–water partition coefficient (Wildman–Crippen LogP) is -4.04. The molecule has 2 fully saturated rings. The standard InChI is InChI=1S/C16H28O12/c1-2-3-9(19)25-6-16(24)14(23)13(8(5-18)28-16)27-15-12(22)11(21)10(20)7(4-17)26-15/h7-8,10-15,17-18,20-24H,2-6H2,1H3/t7-,8-,10-,11+,12-,13-,14+,15-,16?/m1/s1. The zero-order valence-corrected chi connectivity index (χ0v) is 15.3. The van der Waals surface area contributed by atoms with E-state index in [0.717, 1.165) is 0 Å². The van der Waals surface area contributed by atoms with Crippen LogP contribution in [-0.2, 0) is 23.7 Å². The highest BCUT2D eigenvalue weighted by Crippen LogP contribution is 2.34. The van der Waals surface area contributed by atoms with Crippen LogP contribution in [-0.4, -0.2) is 116 Å². The second kappa shape index (κ2) is 9.71. The topological polar surface area (TPSA) is 196 Å². The van der Waals surface area contributed by atoms with Crippen molar-refractivity contribution < 1.29 is 59.5 Å². The molecule has 0 saturated carbocycles. The number of carbonyl (C=O) groups is 1. The molecular weight excluding hydrogens is 384 g/mol. The van der Waals surface area contributed by atoms with Crippen molar-refractivity contribution in [3.8, 4) is 0 Å². The molecule has 0 bridgehead atoms. The van der Waals surface area contributed by atoms with Gasteiger partial charge in [0.05, 0.1) is 13.2 Å². The van der Waals surface area contributed by atoms with Gasteiger partial charge in [0.2, 0.25) is 5.79 Å². The Morgan fingerprint density at radius 2 is 1.68 bits per heavy atom. The monoisotopic (exact) mass is 412 g/mol. The van der Waals surface area contributed by atoms with E-state index in [1.54, 1.807) is 6.92 Å². The molecule has 0 aromatic rings. The van der Waals surface area contributed by atoms with Gasteiger partial charge >= 0.3 is 5.97 Å². The molecule has 2 aliphatic rings. The molecule has 0 aliphatic carbocycles. The van der Waals surface area contributed by atoms with Crippen molar-refractivity contribution in [2.75, 3.05) is 19.8 Å². The summed E-state index contributed by atoms with van der Waals surface area (Å²) in [4.78, 5) is 11.5. The SMILES string of the molecule is CCCC(=O)OCC1(O)O[C@H](CO)[C@@H](O[C@H]2O[C@H](CO)[C@@H](O)[C@H](O)[C@H]2O)[C@@H]1O. The van der Waals surface area contributed by atoms with Crippen LogP contribution in [0.4, 0.5) is 0 Å². The molecule has 0 aromatic carbocycles. The van der Waals surface area contributed by atoms with Gasteiger partial charge < -0.3 is 54.7 Å². The van der Waals surface area contributed by atoms with Gasteiger partial charge in [-0.05, 0) is 6.42 Å². The Bertz CT molecular complexity index is 516. The number of carbonyl (C=O) groups excluding carboxylic acids is 1. The lowest BCUT2D eigenvalue weighted by atomic mass is 9.99. The summed E-state index contributed by atoms with van der Waals surface area (Å²) >= 11 is 0. The summed E-state index contributed by atoms with van der Waals surface area (Å²) in [5, 5.41) is 69.2. The van der Waals surface area contributed by atoms with Crippen LogP contribution < -0.4 is 0 Å². The van der Waals surface area contributed by atoms with Gasteiger partial charge in [0.15, 0.2) is 6.29 Å². The number of hydrogen-bond acceptors (Lipinski definition) is 12. The first-order valence-corrected chi connectivity index (χ1v) is 8.99. The van der Waals surface area contributed by atoms with Crippen molar-refractivity contribution in [2.24, 2.45) is 0 Å². The molecule has 0 amide bonds. The summed E-state index contributed by atoms with van der Waals surface area (Å²) < 4.78 is 20.6. The smallest absolute Gasteiger partial charge is 0.305 e. The summed E-state index contributed by atoms with van der Waals surface area (Å²) in [7, 11) is 0. The molecule has 12 nitrogen and oxygen atoms in total. The van der Waals surface area contributed by atoms with Crippen molar-refractivity contribution >= 4 is 5.97 Å². The fraction of sp³-hybridized carbons (Fsp3) is 0.938. The second-order valence-corrected chi connectivity index (χ2v) is 6.84. The quantitative estimate of drug-likeness (QED) is 0.191. The Morgan fingerprint density at radius 1 is 1.04 bits per heavy atom. The van der Waals surface area contributed by atoms with Crippen molar-refractivity contribution in [1.29, 1.82) is 0 Å². The third kappa shape index (κ3) is 4.79. The molecular formula is C16H28O12. The van der Waals surface area contributed by atoms with E-state index < -0.39 is 80.6 Å². The predicted molar refractivity (Wildman–Crippen MR) is 87.4 cm³/mol. The van der Waals surface area contributed by atoms with Crippen molar-refractivity contribution in [2.45, 2.75) is 74.6 Å². The Kier molecular flexibility index (Phi) is 8.10. The fourth-order valence-electron chi connectivity index (χ4n) is 3.08. The van der Waals surface area contributed by atoms with Crippen molar-refractivity contribution in [3.05, 3.63) is 0 Å². The van der Waals surface area contributed by atoms with Gasteiger partial charge in [-0.25, -0.2) is 0 Å². The van der Waals surface area contributed by atoms with Gasteiger partial charge in [0.1, 0.15) is 49.3 Å². The van der Waals surface area contributed by atoms with E-state index in [2.05, 4.69) is 0 Å². The molecule has 0 radical (unpaired) electrons. The summed E-state index contributed by atoms with van der Waals surface area (Å²) in [5.41, 5.74) is 0.